The van der Waals surface area contributed by atoms with Gasteiger partial charge in [0.15, 0.2) is 0 Å². The molecular formula is C28H33F2N5O2. The molecule has 1 aliphatic carbocycles. The molecule has 3 aromatic rings. The first-order chi connectivity index (χ1) is 17.6. The number of rotatable bonds is 7. The Morgan fingerprint density at radius 3 is 2.46 bits per heavy atom. The summed E-state index contributed by atoms with van der Waals surface area (Å²) in [4.78, 5) is 30.9. The molecule has 0 bridgehead atoms. The van der Waals surface area contributed by atoms with Crippen LogP contribution >= 0.6 is 0 Å². The predicted octanol–water partition coefficient (Wildman–Crippen LogP) is 5.71. The van der Waals surface area contributed by atoms with Crippen LogP contribution in [0.3, 0.4) is 0 Å². The fourth-order valence-electron chi connectivity index (χ4n) is 5.08. The summed E-state index contributed by atoms with van der Waals surface area (Å²) in [6, 6.07) is 9.61. The van der Waals surface area contributed by atoms with Gasteiger partial charge in [-0.2, -0.15) is 5.10 Å². The maximum Gasteiger partial charge on any atom is 0.270 e. The third-order valence-electron chi connectivity index (χ3n) is 6.90. The largest absolute Gasteiger partial charge is 0.339 e. The number of aryl methyl sites for hydroxylation is 2. The average Bonchev–Trinajstić information content (AvgIpc) is 3.33. The number of alkyl halides is 2. The van der Waals surface area contributed by atoms with Crippen molar-refractivity contribution in [2.45, 2.75) is 71.4 Å². The Bertz CT molecular complexity index is 1250. The highest BCUT2D eigenvalue weighted by atomic mass is 19.3. The van der Waals surface area contributed by atoms with Crippen LogP contribution in [0.15, 0.2) is 48.8 Å². The van der Waals surface area contributed by atoms with Crippen molar-refractivity contribution in [3.63, 3.8) is 0 Å². The number of benzene rings is 1. The normalized spacial score (nSPS) is 17.9. The van der Waals surface area contributed by atoms with Gasteiger partial charge in [0.1, 0.15) is 11.7 Å². The van der Waals surface area contributed by atoms with E-state index in [0.717, 1.165) is 22.4 Å². The Labute approximate surface area is 215 Å². The average molecular weight is 510 g/mol. The van der Waals surface area contributed by atoms with Crippen molar-refractivity contribution in [1.82, 2.24) is 20.1 Å². The Balaban J connectivity index is 1.56. The smallest absolute Gasteiger partial charge is 0.270 e. The number of amides is 2. The zero-order valence-electron chi connectivity index (χ0n) is 21.6. The van der Waals surface area contributed by atoms with Crippen LogP contribution in [0.1, 0.15) is 67.3 Å². The number of pyridine rings is 1. The fourth-order valence-corrected chi connectivity index (χ4v) is 5.08. The summed E-state index contributed by atoms with van der Waals surface area (Å²) in [5.74, 6) is -4.60. The number of halogens is 2. The second kappa shape index (κ2) is 10.8. The van der Waals surface area contributed by atoms with Crippen LogP contribution in [0.25, 0.3) is 11.1 Å². The molecule has 1 fully saturated rings. The molecule has 1 aromatic carbocycles. The lowest BCUT2D eigenvalue weighted by atomic mass is 9.81. The zero-order valence-corrected chi connectivity index (χ0v) is 21.6. The Morgan fingerprint density at radius 1 is 1.08 bits per heavy atom. The SMILES string of the molecule is Cc1ccnc(C)c1-c1ccc(NC(=O)C(NC(=O)c2ccnn2C(C)C)C2CCCC(F)(F)C2)cc1. The van der Waals surface area contributed by atoms with E-state index in [1.165, 1.54) is 6.20 Å². The van der Waals surface area contributed by atoms with Crippen LogP contribution in [0.5, 0.6) is 0 Å². The molecule has 2 unspecified atom stereocenters. The molecule has 196 valence electrons. The molecule has 2 aromatic heterocycles. The fraction of sp³-hybridized carbons (Fsp3) is 0.429. The minimum absolute atomic E-state index is 0.0763. The highest BCUT2D eigenvalue weighted by Gasteiger charge is 2.42. The monoisotopic (exact) mass is 509 g/mol. The first-order valence-corrected chi connectivity index (χ1v) is 12.6. The number of aromatic nitrogens is 3. The van der Waals surface area contributed by atoms with E-state index in [1.807, 2.05) is 45.9 Å². The summed E-state index contributed by atoms with van der Waals surface area (Å²) in [6.45, 7) is 7.72. The summed E-state index contributed by atoms with van der Waals surface area (Å²) in [5, 5.41) is 9.74. The second-order valence-corrected chi connectivity index (χ2v) is 10.1. The van der Waals surface area contributed by atoms with Gasteiger partial charge in [-0.3, -0.25) is 19.3 Å². The van der Waals surface area contributed by atoms with Gasteiger partial charge in [0.05, 0.1) is 0 Å². The third kappa shape index (κ3) is 6.03. The van der Waals surface area contributed by atoms with Gasteiger partial charge in [0, 0.05) is 48.2 Å². The summed E-state index contributed by atoms with van der Waals surface area (Å²) in [5.41, 5.74) is 4.77. The van der Waals surface area contributed by atoms with Crippen LogP contribution < -0.4 is 10.6 Å². The van der Waals surface area contributed by atoms with Gasteiger partial charge in [0.25, 0.3) is 5.91 Å². The van der Waals surface area contributed by atoms with Crippen molar-refractivity contribution in [2.24, 2.45) is 5.92 Å². The summed E-state index contributed by atoms with van der Waals surface area (Å²) in [7, 11) is 0. The van der Waals surface area contributed by atoms with Gasteiger partial charge >= 0.3 is 0 Å². The highest BCUT2D eigenvalue weighted by Crippen LogP contribution is 2.38. The van der Waals surface area contributed by atoms with E-state index in [1.54, 1.807) is 29.1 Å². The van der Waals surface area contributed by atoms with Crippen LogP contribution in [0.2, 0.25) is 0 Å². The molecular weight excluding hydrogens is 476 g/mol. The van der Waals surface area contributed by atoms with E-state index in [0.29, 0.717) is 18.5 Å². The van der Waals surface area contributed by atoms with E-state index in [4.69, 9.17) is 0 Å². The molecule has 0 spiro atoms. The maximum atomic E-state index is 14.3. The number of carbonyl (C=O) groups excluding carboxylic acids is 2. The number of nitrogens with one attached hydrogen (secondary N) is 2. The van der Waals surface area contributed by atoms with E-state index in [2.05, 4.69) is 20.7 Å². The maximum absolute atomic E-state index is 14.3. The molecule has 2 atom stereocenters. The minimum Gasteiger partial charge on any atom is -0.339 e. The molecule has 7 nitrogen and oxygen atoms in total. The van der Waals surface area contributed by atoms with Crippen LogP contribution in [0, 0.1) is 19.8 Å². The van der Waals surface area contributed by atoms with Crippen molar-refractivity contribution >= 4 is 17.5 Å². The number of nitrogens with zero attached hydrogens (tertiary/aromatic N) is 3. The molecule has 9 heteroatoms. The molecule has 2 heterocycles. The number of hydrogen-bond donors (Lipinski definition) is 2. The quantitative estimate of drug-likeness (QED) is 0.427. The van der Waals surface area contributed by atoms with Crippen LogP contribution in [-0.2, 0) is 4.79 Å². The Morgan fingerprint density at radius 2 is 1.81 bits per heavy atom. The van der Waals surface area contributed by atoms with Gasteiger partial charge in [-0.1, -0.05) is 12.1 Å². The lowest BCUT2D eigenvalue weighted by molar-refractivity contribution is -0.121. The molecule has 37 heavy (non-hydrogen) atoms. The Kier molecular flexibility index (Phi) is 7.71. The standard InChI is InChI=1S/C28H33F2N5O2/c1-17(2)35-23(12-15-32-35)26(36)34-25(21-6-5-13-28(29,30)16-21)27(37)33-22-9-7-20(8-10-22)24-18(3)11-14-31-19(24)4/h7-12,14-15,17,21,25H,5-6,13,16H2,1-4H3,(H,33,37)(H,34,36). The first kappa shape index (κ1) is 26.4. The molecule has 0 aliphatic heterocycles. The van der Waals surface area contributed by atoms with E-state index >= 15 is 0 Å². The van der Waals surface area contributed by atoms with Crippen LogP contribution in [0.4, 0.5) is 14.5 Å². The zero-order chi connectivity index (χ0) is 26.7. The summed E-state index contributed by atoms with van der Waals surface area (Å²) in [6.07, 6.45) is 3.33. The van der Waals surface area contributed by atoms with Crippen LogP contribution in [-0.4, -0.2) is 38.5 Å². The van der Waals surface area contributed by atoms with Crippen molar-refractivity contribution < 1.29 is 18.4 Å². The van der Waals surface area contributed by atoms with Crippen molar-refractivity contribution in [2.75, 3.05) is 5.32 Å². The molecule has 0 saturated heterocycles. The summed E-state index contributed by atoms with van der Waals surface area (Å²) >= 11 is 0. The van der Waals surface area contributed by atoms with Crippen molar-refractivity contribution in [1.29, 1.82) is 0 Å². The highest BCUT2D eigenvalue weighted by molar-refractivity contribution is 6.00. The topological polar surface area (TPSA) is 88.9 Å². The van der Waals surface area contributed by atoms with Gasteiger partial charge < -0.3 is 10.6 Å². The van der Waals surface area contributed by atoms with E-state index in [9.17, 15) is 18.4 Å². The van der Waals surface area contributed by atoms with E-state index < -0.39 is 36.1 Å². The lowest BCUT2D eigenvalue weighted by Gasteiger charge is -2.34. The van der Waals surface area contributed by atoms with Crippen molar-refractivity contribution in [3.05, 3.63) is 65.7 Å². The molecule has 4 rings (SSSR count). The first-order valence-electron chi connectivity index (χ1n) is 12.6. The van der Waals surface area contributed by atoms with Gasteiger partial charge in [-0.15, -0.1) is 0 Å². The van der Waals surface area contributed by atoms with Gasteiger partial charge in [-0.05, 0) is 81.8 Å². The molecule has 2 amide bonds. The summed E-state index contributed by atoms with van der Waals surface area (Å²) < 4.78 is 30.1. The number of hydrogen-bond acceptors (Lipinski definition) is 4. The van der Waals surface area contributed by atoms with Gasteiger partial charge in [0.2, 0.25) is 11.8 Å². The second-order valence-electron chi connectivity index (χ2n) is 10.1. The molecule has 0 radical (unpaired) electrons. The third-order valence-corrected chi connectivity index (χ3v) is 6.90. The van der Waals surface area contributed by atoms with Gasteiger partial charge in [-0.25, -0.2) is 8.78 Å². The van der Waals surface area contributed by atoms with Crippen molar-refractivity contribution in [3.8, 4) is 11.1 Å². The number of carbonyl (C=O) groups is 2. The molecule has 1 saturated carbocycles. The van der Waals surface area contributed by atoms with E-state index in [-0.39, 0.29) is 18.2 Å². The number of anilines is 1. The Hall–Kier alpha value is -3.62. The lowest BCUT2D eigenvalue weighted by Crippen LogP contribution is -2.51. The molecule has 2 N–H and O–H groups in total. The predicted molar refractivity (Wildman–Crippen MR) is 139 cm³/mol. The minimum atomic E-state index is -2.87. The molecule has 1 aliphatic rings.